The first-order chi connectivity index (χ1) is 23.8. The molecule has 1 saturated heterocycles. The Morgan fingerprint density at radius 3 is 2.10 bits per heavy atom. The topological polar surface area (TPSA) is 37.4 Å². The predicted octanol–water partition coefficient (Wildman–Crippen LogP) is 12.1. The van der Waals surface area contributed by atoms with Crippen LogP contribution in [-0.2, 0) is 9.59 Å². The van der Waals surface area contributed by atoms with E-state index in [-0.39, 0.29) is 11.8 Å². The predicted molar refractivity (Wildman–Crippen MR) is 221 cm³/mol. The van der Waals surface area contributed by atoms with E-state index in [4.69, 9.17) is 12.6 Å². The lowest BCUT2D eigenvalue weighted by Gasteiger charge is -2.41. The molecule has 2 aromatic heterocycles. The Morgan fingerprint density at radius 2 is 1.47 bits per heavy atom. The highest BCUT2D eigenvalue weighted by Gasteiger charge is 2.53. The second-order valence-electron chi connectivity index (χ2n) is 15.3. The molecule has 2 atom stereocenters. The van der Waals surface area contributed by atoms with Crippen molar-refractivity contribution in [3.63, 3.8) is 0 Å². The molecule has 0 radical (unpaired) electrons. The van der Waals surface area contributed by atoms with E-state index < -0.39 is 8.07 Å². The summed E-state index contributed by atoms with van der Waals surface area (Å²) in [5, 5.41) is 3.35. The molecule has 0 spiro atoms. The van der Waals surface area contributed by atoms with Crippen molar-refractivity contribution >= 4 is 70.5 Å². The van der Waals surface area contributed by atoms with Crippen LogP contribution in [0.2, 0.25) is 11.6 Å². The summed E-state index contributed by atoms with van der Waals surface area (Å²) in [6.45, 7) is 11.7. The number of carbonyl (C=O) groups is 2. The molecule has 0 bridgehead atoms. The van der Waals surface area contributed by atoms with Gasteiger partial charge in [0.15, 0.2) is 0 Å². The molecular formula is C42H63NO2S3Si. The lowest BCUT2D eigenvalue weighted by molar-refractivity contribution is -0.136. The molecule has 0 aromatic carbocycles. The quantitative estimate of drug-likeness (QED) is 0.0512. The van der Waals surface area contributed by atoms with Crippen molar-refractivity contribution in [2.24, 2.45) is 5.92 Å². The second-order valence-corrected chi connectivity index (χ2v) is 22.3. The van der Waals surface area contributed by atoms with E-state index >= 15 is 0 Å². The summed E-state index contributed by atoms with van der Waals surface area (Å²) in [4.78, 5) is 35.3. The van der Waals surface area contributed by atoms with Gasteiger partial charge in [-0.05, 0) is 60.3 Å². The summed E-state index contributed by atoms with van der Waals surface area (Å²) < 4.78 is 0. The third kappa shape index (κ3) is 8.31. The van der Waals surface area contributed by atoms with Gasteiger partial charge < -0.3 is 0 Å². The Balaban J connectivity index is 1.41. The van der Waals surface area contributed by atoms with Crippen molar-refractivity contribution < 1.29 is 9.59 Å². The van der Waals surface area contributed by atoms with Gasteiger partial charge in [0.25, 0.3) is 11.8 Å². The molecule has 2 unspecified atom stereocenters. The number of amides is 2. The number of likely N-dealkylation sites (tertiary alicyclic amines) is 1. The number of unbranched alkanes of at least 4 members (excludes halogenated alkanes) is 10. The Kier molecular flexibility index (Phi) is 14.6. The van der Waals surface area contributed by atoms with Crippen LogP contribution in [0.25, 0.3) is 14.7 Å². The molecule has 2 amide bonds. The molecule has 5 rings (SSSR count). The van der Waals surface area contributed by atoms with Gasteiger partial charge in [0, 0.05) is 36.5 Å². The van der Waals surface area contributed by atoms with Crippen molar-refractivity contribution in [1.29, 1.82) is 0 Å². The Bertz CT molecular complexity index is 1490. The van der Waals surface area contributed by atoms with Gasteiger partial charge in [-0.1, -0.05) is 142 Å². The zero-order valence-corrected chi connectivity index (χ0v) is 34.8. The van der Waals surface area contributed by atoms with Gasteiger partial charge in [-0.25, -0.2) is 0 Å². The monoisotopic (exact) mass is 737 g/mol. The minimum Gasteiger partial charge on any atom is -0.274 e. The van der Waals surface area contributed by atoms with Gasteiger partial charge in [-0.2, -0.15) is 0 Å². The number of allylic oxidation sites excluding steroid dienone is 1. The third-order valence-corrected chi connectivity index (χ3v) is 21.2. The van der Waals surface area contributed by atoms with Crippen LogP contribution in [0.5, 0.6) is 0 Å². The number of carbonyl (C=O) groups excluding carboxylic acids is 2. The zero-order chi connectivity index (χ0) is 35.0. The number of thiol groups is 1. The van der Waals surface area contributed by atoms with Crippen molar-refractivity contribution in [3.8, 4) is 9.75 Å². The van der Waals surface area contributed by atoms with Crippen LogP contribution in [0.1, 0.15) is 159 Å². The summed E-state index contributed by atoms with van der Waals surface area (Å²) >= 11 is 8.96. The van der Waals surface area contributed by atoms with Crippen molar-refractivity contribution in [2.75, 3.05) is 6.54 Å². The molecule has 270 valence electrons. The smallest absolute Gasteiger partial charge is 0.262 e. The van der Waals surface area contributed by atoms with E-state index in [1.165, 1.54) is 135 Å². The first-order valence-corrected chi connectivity index (χ1v) is 24.4. The second kappa shape index (κ2) is 18.4. The molecule has 2 fully saturated rings. The molecular weight excluding hydrogens is 675 g/mol. The number of fused-ring (bicyclic) bond motifs is 3. The minimum atomic E-state index is -2.07. The van der Waals surface area contributed by atoms with Crippen molar-refractivity contribution in [3.05, 3.63) is 39.1 Å². The maximum Gasteiger partial charge on any atom is 0.262 e. The molecule has 2 aliphatic heterocycles. The molecule has 3 aliphatic rings. The van der Waals surface area contributed by atoms with Gasteiger partial charge in [0.2, 0.25) is 0 Å². The average molecular weight is 738 g/mol. The van der Waals surface area contributed by atoms with E-state index in [0.717, 1.165) is 29.2 Å². The van der Waals surface area contributed by atoms with E-state index in [2.05, 4.69) is 39.8 Å². The van der Waals surface area contributed by atoms with Crippen LogP contribution in [-0.4, -0.2) is 31.3 Å². The van der Waals surface area contributed by atoms with E-state index in [0.29, 0.717) is 22.6 Å². The molecule has 2 aromatic rings. The normalized spacial score (nSPS) is 22.0. The first kappa shape index (κ1) is 38.8. The van der Waals surface area contributed by atoms with Crippen LogP contribution in [0.3, 0.4) is 0 Å². The molecule has 4 heterocycles. The summed E-state index contributed by atoms with van der Waals surface area (Å²) in [5.41, 5.74) is 1.83. The van der Waals surface area contributed by atoms with Gasteiger partial charge >= 0.3 is 0 Å². The van der Waals surface area contributed by atoms with Crippen LogP contribution in [0.15, 0.2) is 29.4 Å². The summed E-state index contributed by atoms with van der Waals surface area (Å²) in [7, 11) is -2.07. The number of hydrogen-bond acceptors (Lipinski definition) is 5. The lowest BCUT2D eigenvalue weighted by atomic mass is 10.00. The SMILES string of the molecule is CC=C1C(=O)N(CCCCCCCCCCCC)C(=O)/C1=C(/S)c1cc2c(s1)-c1sc(C)cc1[Si]2(CC(CC)CCCC)C1CCCCC1. The van der Waals surface area contributed by atoms with E-state index in [9.17, 15) is 9.59 Å². The number of rotatable bonds is 19. The first-order valence-electron chi connectivity index (χ1n) is 20.0. The number of nitrogens with zero attached hydrogens (tertiary/aromatic N) is 1. The van der Waals surface area contributed by atoms with E-state index in [1.54, 1.807) is 10.4 Å². The fourth-order valence-corrected chi connectivity index (χ4v) is 20.1. The molecule has 1 aliphatic carbocycles. The summed E-state index contributed by atoms with van der Waals surface area (Å²) in [5.74, 6) is 0.465. The highest BCUT2D eigenvalue weighted by molar-refractivity contribution is 7.91. The number of hydrogen-bond donors (Lipinski definition) is 1. The van der Waals surface area contributed by atoms with Gasteiger partial charge in [-0.15, -0.1) is 35.3 Å². The van der Waals surface area contributed by atoms with E-state index in [1.807, 2.05) is 35.7 Å². The number of imide groups is 1. The third-order valence-electron chi connectivity index (χ3n) is 11.9. The zero-order valence-electron chi connectivity index (χ0n) is 31.3. The summed E-state index contributed by atoms with van der Waals surface area (Å²) in [6.07, 6.45) is 26.1. The molecule has 1 saturated carbocycles. The van der Waals surface area contributed by atoms with Gasteiger partial charge in [0.1, 0.15) is 8.07 Å². The number of aryl methyl sites for hydroxylation is 1. The Hall–Kier alpha value is -1.41. The molecule has 0 N–H and O–H groups in total. The summed E-state index contributed by atoms with van der Waals surface area (Å²) in [6, 6.07) is 6.41. The van der Waals surface area contributed by atoms with Gasteiger partial charge in [-0.3, -0.25) is 14.5 Å². The van der Waals surface area contributed by atoms with Crippen LogP contribution in [0.4, 0.5) is 0 Å². The molecule has 49 heavy (non-hydrogen) atoms. The highest BCUT2D eigenvalue weighted by atomic mass is 32.1. The standard InChI is InChI=1S/C42H63NO2S3Si/c1-6-10-12-13-14-15-16-17-18-22-26-43-41(44)33(9-4)37(42(43)45)38(46)34-28-36-40(48-34)39-35(27-30(5)47-39)49(36,32-24-20-19-21-25-32)29-31(8-3)23-11-7-2/h9,27-28,31-32,46H,6-8,10-26,29H2,1-5H3/b33-9?,38-37+. The van der Waals surface area contributed by atoms with Crippen molar-refractivity contribution in [2.45, 2.75) is 168 Å². The fourth-order valence-electron chi connectivity index (χ4n) is 9.16. The maximum atomic E-state index is 14.0. The van der Waals surface area contributed by atoms with Crippen LogP contribution >= 0.6 is 35.3 Å². The van der Waals surface area contributed by atoms with Crippen molar-refractivity contribution in [1.82, 2.24) is 4.90 Å². The molecule has 3 nitrogen and oxygen atoms in total. The van der Waals surface area contributed by atoms with Crippen LogP contribution < -0.4 is 10.4 Å². The lowest BCUT2D eigenvalue weighted by Crippen LogP contribution is -2.59. The van der Waals surface area contributed by atoms with Gasteiger partial charge in [0.05, 0.1) is 5.57 Å². The maximum absolute atomic E-state index is 14.0. The largest absolute Gasteiger partial charge is 0.274 e. The Labute approximate surface area is 312 Å². The fraction of sp³-hybridized carbons (Fsp3) is 0.667. The minimum absolute atomic E-state index is 0.141. The number of thiophene rings is 2. The Morgan fingerprint density at radius 1 is 0.857 bits per heavy atom. The average Bonchev–Trinajstić information content (AvgIpc) is 3.84. The molecule has 7 heteroatoms. The highest BCUT2D eigenvalue weighted by Crippen LogP contribution is 2.51. The van der Waals surface area contributed by atoms with Crippen LogP contribution in [0, 0.1) is 12.8 Å².